The lowest BCUT2D eigenvalue weighted by atomic mass is 9.91. The van der Waals surface area contributed by atoms with Crippen LogP contribution in [0.15, 0.2) is 11.7 Å². The number of hydrogen-bond donors (Lipinski definition) is 1. The van der Waals surface area contributed by atoms with E-state index in [1.54, 1.807) is 11.3 Å². The lowest BCUT2D eigenvalue weighted by Gasteiger charge is -2.26. The van der Waals surface area contributed by atoms with E-state index in [0.717, 1.165) is 13.0 Å². The number of rotatable bonds is 5. The van der Waals surface area contributed by atoms with Crippen LogP contribution in [0.2, 0.25) is 0 Å². The molecule has 1 rings (SSSR count). The molecule has 3 heteroatoms. The van der Waals surface area contributed by atoms with E-state index >= 15 is 0 Å². The molecule has 0 aliphatic heterocycles. The van der Waals surface area contributed by atoms with Gasteiger partial charge in [-0.15, -0.1) is 11.3 Å². The molecular weight excluding hydrogens is 216 g/mol. The van der Waals surface area contributed by atoms with Gasteiger partial charge in [-0.3, -0.25) is 4.98 Å². The van der Waals surface area contributed by atoms with Crippen LogP contribution in [0.1, 0.15) is 39.5 Å². The fourth-order valence-electron chi connectivity index (χ4n) is 1.53. The van der Waals surface area contributed by atoms with Gasteiger partial charge in [0, 0.05) is 16.6 Å². The standard InChI is InChI=1S/C13H24N2S/c1-10(6-12-8-14-9-16-12)11(2)7-15-13(3,4)5/h8-11,15H,6-7H2,1-5H3. The Hall–Kier alpha value is -0.410. The molecule has 0 amide bonds. The second-order valence-corrected chi connectivity index (χ2v) is 6.73. The molecule has 0 bridgehead atoms. The zero-order valence-electron chi connectivity index (χ0n) is 11.1. The molecule has 2 unspecified atom stereocenters. The van der Waals surface area contributed by atoms with E-state index in [-0.39, 0.29) is 5.54 Å². The summed E-state index contributed by atoms with van der Waals surface area (Å²) in [6.45, 7) is 12.4. The SMILES string of the molecule is CC(CNC(C)(C)C)C(C)Cc1cncs1. The molecule has 0 spiro atoms. The van der Waals surface area contributed by atoms with E-state index in [4.69, 9.17) is 0 Å². The molecule has 0 aliphatic rings. The molecule has 2 atom stereocenters. The highest BCUT2D eigenvalue weighted by Gasteiger charge is 2.16. The van der Waals surface area contributed by atoms with Gasteiger partial charge in [0.05, 0.1) is 5.51 Å². The number of nitrogens with one attached hydrogen (secondary N) is 1. The van der Waals surface area contributed by atoms with Gasteiger partial charge in [-0.1, -0.05) is 13.8 Å². The lowest BCUT2D eigenvalue weighted by molar-refractivity contribution is 0.318. The summed E-state index contributed by atoms with van der Waals surface area (Å²) < 4.78 is 0. The van der Waals surface area contributed by atoms with E-state index in [9.17, 15) is 0 Å². The van der Waals surface area contributed by atoms with Gasteiger partial charge in [0.2, 0.25) is 0 Å². The van der Waals surface area contributed by atoms with Gasteiger partial charge >= 0.3 is 0 Å². The maximum atomic E-state index is 4.12. The molecule has 2 nitrogen and oxygen atoms in total. The average molecular weight is 240 g/mol. The number of nitrogens with zero attached hydrogens (tertiary/aromatic N) is 1. The van der Waals surface area contributed by atoms with Gasteiger partial charge in [0.15, 0.2) is 0 Å². The van der Waals surface area contributed by atoms with E-state index in [0.29, 0.717) is 11.8 Å². The predicted molar refractivity (Wildman–Crippen MR) is 71.9 cm³/mol. The molecule has 0 aromatic carbocycles. The Balaban J connectivity index is 2.33. The monoisotopic (exact) mass is 240 g/mol. The minimum absolute atomic E-state index is 0.221. The van der Waals surface area contributed by atoms with Gasteiger partial charge < -0.3 is 5.32 Å². The van der Waals surface area contributed by atoms with Crippen molar-refractivity contribution in [2.75, 3.05) is 6.54 Å². The van der Waals surface area contributed by atoms with Crippen molar-refractivity contribution >= 4 is 11.3 Å². The predicted octanol–water partition coefficient (Wildman–Crippen LogP) is 3.35. The lowest BCUT2D eigenvalue weighted by Crippen LogP contribution is -2.40. The summed E-state index contributed by atoms with van der Waals surface area (Å²) in [6.07, 6.45) is 3.14. The maximum Gasteiger partial charge on any atom is 0.0794 e. The van der Waals surface area contributed by atoms with Crippen molar-refractivity contribution in [3.05, 3.63) is 16.6 Å². The van der Waals surface area contributed by atoms with Crippen LogP contribution in [0.4, 0.5) is 0 Å². The highest BCUT2D eigenvalue weighted by Crippen LogP contribution is 2.19. The number of hydrogen-bond acceptors (Lipinski definition) is 3. The van der Waals surface area contributed by atoms with E-state index in [1.165, 1.54) is 4.88 Å². The molecule has 1 N–H and O–H groups in total. The highest BCUT2D eigenvalue weighted by atomic mass is 32.1. The van der Waals surface area contributed by atoms with Crippen molar-refractivity contribution in [2.24, 2.45) is 11.8 Å². The van der Waals surface area contributed by atoms with Crippen LogP contribution in [-0.4, -0.2) is 17.1 Å². The Labute approximate surface area is 103 Å². The fourth-order valence-corrected chi connectivity index (χ4v) is 2.27. The molecule has 0 fully saturated rings. The summed E-state index contributed by atoms with van der Waals surface area (Å²) in [6, 6.07) is 0. The van der Waals surface area contributed by atoms with Gasteiger partial charge in [0.1, 0.15) is 0 Å². The summed E-state index contributed by atoms with van der Waals surface area (Å²) in [4.78, 5) is 5.52. The smallest absolute Gasteiger partial charge is 0.0794 e. The van der Waals surface area contributed by atoms with Gasteiger partial charge in [0.25, 0.3) is 0 Å². The van der Waals surface area contributed by atoms with Crippen LogP contribution < -0.4 is 5.32 Å². The van der Waals surface area contributed by atoms with Crippen molar-refractivity contribution in [1.82, 2.24) is 10.3 Å². The van der Waals surface area contributed by atoms with Crippen LogP contribution in [-0.2, 0) is 6.42 Å². The fraction of sp³-hybridized carbons (Fsp3) is 0.769. The van der Waals surface area contributed by atoms with Crippen molar-refractivity contribution < 1.29 is 0 Å². The van der Waals surface area contributed by atoms with Crippen molar-refractivity contribution in [3.63, 3.8) is 0 Å². The summed E-state index contributed by atoms with van der Waals surface area (Å²) in [5.74, 6) is 1.40. The molecule has 0 aliphatic carbocycles. The Bertz CT molecular complexity index is 287. The Morgan fingerprint density at radius 1 is 1.31 bits per heavy atom. The summed E-state index contributed by atoms with van der Waals surface area (Å²) in [5.41, 5.74) is 2.14. The van der Waals surface area contributed by atoms with Crippen LogP contribution in [0.5, 0.6) is 0 Å². The zero-order chi connectivity index (χ0) is 12.2. The van der Waals surface area contributed by atoms with Crippen LogP contribution >= 0.6 is 11.3 Å². The first kappa shape index (κ1) is 13.7. The largest absolute Gasteiger partial charge is 0.312 e. The summed E-state index contributed by atoms with van der Waals surface area (Å²) in [5, 5.41) is 3.57. The molecule has 1 aromatic heterocycles. The normalized spacial score (nSPS) is 16.1. The van der Waals surface area contributed by atoms with Gasteiger partial charge in [-0.05, 0) is 45.6 Å². The van der Waals surface area contributed by atoms with Crippen LogP contribution in [0, 0.1) is 11.8 Å². The zero-order valence-corrected chi connectivity index (χ0v) is 11.9. The van der Waals surface area contributed by atoms with E-state index in [2.05, 4.69) is 44.9 Å². The highest BCUT2D eigenvalue weighted by molar-refractivity contribution is 7.09. The van der Waals surface area contributed by atoms with Crippen molar-refractivity contribution in [1.29, 1.82) is 0 Å². The third kappa shape index (κ3) is 5.08. The molecule has 0 radical (unpaired) electrons. The van der Waals surface area contributed by atoms with Gasteiger partial charge in [-0.25, -0.2) is 0 Å². The maximum absolute atomic E-state index is 4.12. The summed E-state index contributed by atoms with van der Waals surface area (Å²) >= 11 is 1.76. The molecule has 1 heterocycles. The van der Waals surface area contributed by atoms with E-state index in [1.807, 2.05) is 11.7 Å². The van der Waals surface area contributed by atoms with Gasteiger partial charge in [-0.2, -0.15) is 0 Å². The second kappa shape index (κ2) is 5.78. The summed E-state index contributed by atoms with van der Waals surface area (Å²) in [7, 11) is 0. The number of thiazole rings is 1. The Kier molecular flexibility index (Phi) is 4.93. The second-order valence-electron chi connectivity index (χ2n) is 5.76. The average Bonchev–Trinajstić information content (AvgIpc) is 2.65. The van der Waals surface area contributed by atoms with Crippen molar-refractivity contribution in [2.45, 2.75) is 46.6 Å². The molecular formula is C13H24N2S. The molecule has 16 heavy (non-hydrogen) atoms. The molecule has 92 valence electrons. The quantitative estimate of drug-likeness (QED) is 0.854. The van der Waals surface area contributed by atoms with Crippen LogP contribution in [0.25, 0.3) is 0 Å². The molecule has 0 saturated heterocycles. The Morgan fingerprint density at radius 3 is 2.50 bits per heavy atom. The third-order valence-corrected chi connectivity index (χ3v) is 3.73. The first-order valence-electron chi connectivity index (χ1n) is 6.01. The minimum atomic E-state index is 0.221. The van der Waals surface area contributed by atoms with Crippen LogP contribution in [0.3, 0.4) is 0 Å². The molecule has 0 saturated carbocycles. The van der Waals surface area contributed by atoms with Crippen molar-refractivity contribution in [3.8, 4) is 0 Å². The Morgan fingerprint density at radius 2 is 2.00 bits per heavy atom. The topological polar surface area (TPSA) is 24.9 Å². The molecule has 1 aromatic rings. The number of aromatic nitrogens is 1. The first-order valence-corrected chi connectivity index (χ1v) is 6.89. The minimum Gasteiger partial charge on any atom is -0.312 e. The van der Waals surface area contributed by atoms with E-state index < -0.39 is 0 Å². The first-order chi connectivity index (χ1) is 7.38. The third-order valence-electron chi connectivity index (χ3n) is 2.93.